The number of carbonyl (C=O) groups excluding carboxylic acids is 1. The summed E-state index contributed by atoms with van der Waals surface area (Å²) in [7, 11) is 0. The Morgan fingerprint density at radius 2 is 1.39 bits per heavy atom. The van der Waals surface area contributed by atoms with E-state index >= 15 is 0 Å². The number of hydrogen-bond donors (Lipinski definition) is 0. The first-order valence-electron chi connectivity index (χ1n) is 12.3. The van der Waals surface area contributed by atoms with Crippen LogP contribution in [0.5, 0.6) is 0 Å². The molecule has 2 aromatic rings. The molecule has 2 aliphatic rings. The molecule has 33 heavy (non-hydrogen) atoms. The van der Waals surface area contributed by atoms with Crippen molar-refractivity contribution in [2.45, 2.75) is 91.0 Å². The fraction of sp³-hybridized carbons (Fsp3) is 0.552. The summed E-state index contributed by atoms with van der Waals surface area (Å²) < 4.78 is 6.08. The van der Waals surface area contributed by atoms with Crippen LogP contribution in [0.15, 0.2) is 54.6 Å². The molecule has 178 valence electrons. The quantitative estimate of drug-likeness (QED) is 0.479. The number of rotatable bonds is 4. The molecule has 0 aromatic heterocycles. The third kappa shape index (κ3) is 4.48. The van der Waals surface area contributed by atoms with E-state index < -0.39 is 0 Å². The van der Waals surface area contributed by atoms with Crippen molar-refractivity contribution in [3.05, 3.63) is 71.3 Å². The van der Waals surface area contributed by atoms with Crippen LogP contribution in [0, 0.1) is 11.3 Å². The van der Waals surface area contributed by atoms with Gasteiger partial charge in [0.1, 0.15) is 12.2 Å². The Hall–Kier alpha value is -2.17. The highest BCUT2D eigenvalue weighted by molar-refractivity contribution is 5.89. The zero-order valence-electron chi connectivity index (χ0n) is 21.2. The van der Waals surface area contributed by atoms with Gasteiger partial charge in [-0.25, -0.2) is 4.79 Å². The molecule has 1 aliphatic carbocycles. The van der Waals surface area contributed by atoms with Crippen molar-refractivity contribution in [2.24, 2.45) is 11.3 Å². The second kappa shape index (κ2) is 8.56. The Morgan fingerprint density at radius 3 is 1.94 bits per heavy atom. The first-order chi connectivity index (χ1) is 15.4. The number of ether oxygens (including phenoxy) is 1. The van der Waals surface area contributed by atoms with Crippen LogP contribution in [0.25, 0.3) is 0 Å². The normalized spacial score (nSPS) is 26.6. The highest BCUT2D eigenvalue weighted by Crippen LogP contribution is 2.51. The maximum absolute atomic E-state index is 12.9. The fourth-order valence-electron chi connectivity index (χ4n) is 5.78. The molecular weight excluding hydrogens is 410 g/mol. The lowest BCUT2D eigenvalue weighted by Crippen LogP contribution is -2.52. The first-order valence-corrected chi connectivity index (χ1v) is 12.3. The predicted molar refractivity (Wildman–Crippen MR) is 132 cm³/mol. The summed E-state index contributed by atoms with van der Waals surface area (Å²) in [4.78, 5) is 19.8. The van der Waals surface area contributed by atoms with Gasteiger partial charge in [0.05, 0.1) is 16.6 Å². The maximum Gasteiger partial charge on any atom is 0.338 e. The van der Waals surface area contributed by atoms with Crippen molar-refractivity contribution in [3.63, 3.8) is 0 Å². The molecule has 0 saturated heterocycles. The summed E-state index contributed by atoms with van der Waals surface area (Å²) in [5.41, 5.74) is 2.76. The molecule has 4 nitrogen and oxygen atoms in total. The zero-order valence-corrected chi connectivity index (χ0v) is 21.2. The summed E-state index contributed by atoms with van der Waals surface area (Å²) in [5.74, 6) is 0.233. The molecule has 4 rings (SSSR count). The molecular formula is C29H39NO3. The van der Waals surface area contributed by atoms with Crippen LogP contribution in [0.1, 0.15) is 89.2 Å². The smallest absolute Gasteiger partial charge is 0.338 e. The number of benzene rings is 2. The Morgan fingerprint density at radius 1 is 0.848 bits per heavy atom. The fourth-order valence-corrected chi connectivity index (χ4v) is 5.78. The van der Waals surface area contributed by atoms with Gasteiger partial charge in [-0.05, 0) is 81.5 Å². The standard InChI is InChI=1S/C29H39NO3/c1-27(2,3)21-17-18-24(32-26(31)20-13-9-8-10-14-20)25(19-21)33-30-28(4,5)22-15-11-12-16-23(22)29(30,6)7/h8-16,21,24-25H,17-19H2,1-7H3/t21-,24-,25-/m1/s1. The van der Waals surface area contributed by atoms with Crippen molar-refractivity contribution in [3.8, 4) is 0 Å². The van der Waals surface area contributed by atoms with Gasteiger partial charge in [0.2, 0.25) is 0 Å². The van der Waals surface area contributed by atoms with Gasteiger partial charge in [0.15, 0.2) is 0 Å². The minimum Gasteiger partial charge on any atom is -0.456 e. The Balaban J connectivity index is 1.62. The Labute approximate surface area is 199 Å². The third-order valence-corrected chi connectivity index (χ3v) is 7.73. The largest absolute Gasteiger partial charge is 0.456 e. The molecule has 0 N–H and O–H groups in total. The molecule has 1 heterocycles. The van der Waals surface area contributed by atoms with Gasteiger partial charge in [-0.1, -0.05) is 63.2 Å². The average Bonchev–Trinajstić information content (AvgIpc) is 2.92. The van der Waals surface area contributed by atoms with E-state index in [0.29, 0.717) is 11.5 Å². The van der Waals surface area contributed by atoms with E-state index in [9.17, 15) is 4.79 Å². The highest BCUT2D eigenvalue weighted by atomic mass is 16.7. The molecule has 3 atom stereocenters. The van der Waals surface area contributed by atoms with Crippen molar-refractivity contribution in [1.29, 1.82) is 0 Å². The first kappa shape index (κ1) is 24.0. The second-order valence-electron chi connectivity index (χ2n) is 11.8. The van der Waals surface area contributed by atoms with Crippen molar-refractivity contribution in [1.82, 2.24) is 5.06 Å². The van der Waals surface area contributed by atoms with Crippen LogP contribution >= 0.6 is 0 Å². The summed E-state index contributed by atoms with van der Waals surface area (Å²) >= 11 is 0. The van der Waals surface area contributed by atoms with Gasteiger partial charge in [-0.3, -0.25) is 4.84 Å². The number of hydroxylamine groups is 2. The van der Waals surface area contributed by atoms with Crippen molar-refractivity contribution >= 4 is 5.97 Å². The number of esters is 1. The lowest BCUT2D eigenvalue weighted by molar-refractivity contribution is -0.309. The van der Waals surface area contributed by atoms with E-state index in [1.165, 1.54) is 11.1 Å². The van der Waals surface area contributed by atoms with Crippen molar-refractivity contribution in [2.75, 3.05) is 0 Å². The van der Waals surface area contributed by atoms with Crippen molar-refractivity contribution < 1.29 is 14.4 Å². The summed E-state index contributed by atoms with van der Waals surface area (Å²) in [5, 5.41) is 2.16. The number of carbonyl (C=O) groups is 1. The van der Waals surface area contributed by atoms with E-state index in [1.54, 1.807) is 0 Å². The van der Waals surface area contributed by atoms with Crippen LogP contribution in [0.2, 0.25) is 0 Å². The molecule has 1 fully saturated rings. The molecule has 0 unspecified atom stereocenters. The Kier molecular flexibility index (Phi) is 6.22. The van der Waals surface area contributed by atoms with Crippen LogP contribution in [0.4, 0.5) is 0 Å². The van der Waals surface area contributed by atoms with Gasteiger partial charge in [-0.2, -0.15) is 5.06 Å². The van der Waals surface area contributed by atoms with Gasteiger partial charge < -0.3 is 4.74 Å². The second-order valence-corrected chi connectivity index (χ2v) is 11.8. The molecule has 1 aliphatic heterocycles. The van der Waals surface area contributed by atoms with Gasteiger partial charge >= 0.3 is 5.97 Å². The van der Waals surface area contributed by atoms with E-state index in [4.69, 9.17) is 9.57 Å². The van der Waals surface area contributed by atoms with Crippen LogP contribution in [-0.4, -0.2) is 23.2 Å². The van der Waals surface area contributed by atoms with E-state index in [1.807, 2.05) is 30.3 Å². The van der Waals surface area contributed by atoms with Gasteiger partial charge in [0, 0.05) is 0 Å². The maximum atomic E-state index is 12.9. The van der Waals surface area contributed by atoms with Crippen LogP contribution in [-0.2, 0) is 20.7 Å². The van der Waals surface area contributed by atoms with Gasteiger partial charge in [-0.15, -0.1) is 0 Å². The Bertz CT molecular complexity index is 954. The summed E-state index contributed by atoms with van der Waals surface area (Å²) in [6, 6.07) is 17.9. The lowest BCUT2D eigenvalue weighted by atomic mass is 9.71. The average molecular weight is 450 g/mol. The predicted octanol–water partition coefficient (Wildman–Crippen LogP) is 6.84. The topological polar surface area (TPSA) is 38.8 Å². The minimum absolute atomic E-state index is 0.176. The SMILES string of the molecule is CC(C)(C)[C@@H]1CC[C@@H](OC(=O)c2ccccc2)[C@H](ON2C(C)(C)c3ccccc3C2(C)C)C1. The molecule has 0 radical (unpaired) electrons. The highest BCUT2D eigenvalue weighted by Gasteiger charge is 2.52. The third-order valence-electron chi connectivity index (χ3n) is 7.73. The molecule has 0 amide bonds. The number of fused-ring (bicyclic) bond motifs is 1. The van der Waals surface area contributed by atoms with Crippen LogP contribution in [0.3, 0.4) is 0 Å². The van der Waals surface area contributed by atoms with Crippen LogP contribution < -0.4 is 0 Å². The number of hydrogen-bond acceptors (Lipinski definition) is 4. The van der Waals surface area contributed by atoms with E-state index in [0.717, 1.165) is 19.3 Å². The monoisotopic (exact) mass is 449 g/mol. The lowest BCUT2D eigenvalue weighted by Gasteiger charge is -2.46. The molecule has 4 heteroatoms. The molecule has 0 bridgehead atoms. The van der Waals surface area contributed by atoms with Gasteiger partial charge in [0.25, 0.3) is 0 Å². The molecule has 0 spiro atoms. The summed E-state index contributed by atoms with van der Waals surface area (Å²) in [6.45, 7) is 15.8. The molecule has 1 saturated carbocycles. The number of nitrogens with zero attached hydrogens (tertiary/aromatic N) is 1. The molecule has 2 aromatic carbocycles. The zero-order chi connectivity index (χ0) is 24.0. The summed E-state index contributed by atoms with van der Waals surface area (Å²) in [6.07, 6.45) is 2.25. The van der Waals surface area contributed by atoms with E-state index in [-0.39, 0.29) is 34.7 Å². The minimum atomic E-state index is -0.289. The van der Waals surface area contributed by atoms with E-state index in [2.05, 4.69) is 77.8 Å².